The molecule has 0 unspecified atom stereocenters. The second-order valence-corrected chi connectivity index (χ2v) is 4.36. The van der Waals surface area contributed by atoms with Crippen LogP contribution >= 0.6 is 0 Å². The molecule has 3 nitrogen and oxygen atoms in total. The molecule has 1 N–H and O–H groups in total. The Morgan fingerprint density at radius 1 is 1.54 bits per heavy atom. The molecule has 13 heavy (non-hydrogen) atoms. The highest BCUT2D eigenvalue weighted by Gasteiger charge is 2.24. The first-order valence-corrected chi connectivity index (χ1v) is 4.46. The van der Waals surface area contributed by atoms with Crippen LogP contribution in [-0.4, -0.2) is 12.1 Å². The van der Waals surface area contributed by atoms with Crippen molar-refractivity contribution < 1.29 is 4.79 Å². The highest BCUT2D eigenvalue weighted by molar-refractivity contribution is 5.96. The number of hydrazone groups is 1. The molecular weight excluding hydrogens is 164 g/mol. The van der Waals surface area contributed by atoms with Gasteiger partial charge in [0.1, 0.15) is 0 Å². The van der Waals surface area contributed by atoms with Crippen LogP contribution < -0.4 is 5.43 Å². The number of carbonyl (C=O) groups excluding carboxylic acids is 1. The summed E-state index contributed by atoms with van der Waals surface area (Å²) in [5, 5.41) is 3.97. The molecule has 3 heteroatoms. The van der Waals surface area contributed by atoms with Crippen molar-refractivity contribution in [2.24, 2.45) is 10.5 Å². The molecular formula is C10H16N2O. The zero-order valence-electron chi connectivity index (χ0n) is 8.42. The molecule has 0 fully saturated rings. The Kier molecular flexibility index (Phi) is 2.86. The van der Waals surface area contributed by atoms with E-state index in [0.29, 0.717) is 6.41 Å². The average molecular weight is 180 g/mol. The summed E-state index contributed by atoms with van der Waals surface area (Å²) < 4.78 is 0. The SMILES string of the molecule is CC1=C/C(=N/NC=O)CC(C)(C)C1. The predicted molar refractivity (Wildman–Crippen MR) is 53.4 cm³/mol. The van der Waals surface area contributed by atoms with Gasteiger partial charge in [-0.15, -0.1) is 0 Å². The third-order valence-corrected chi connectivity index (χ3v) is 2.09. The summed E-state index contributed by atoms with van der Waals surface area (Å²) in [5.74, 6) is 0. The van der Waals surface area contributed by atoms with Crippen LogP contribution in [0, 0.1) is 5.41 Å². The van der Waals surface area contributed by atoms with Gasteiger partial charge in [-0.25, -0.2) is 5.43 Å². The minimum Gasteiger partial charge on any atom is -0.277 e. The third-order valence-electron chi connectivity index (χ3n) is 2.09. The van der Waals surface area contributed by atoms with Gasteiger partial charge in [-0.2, -0.15) is 5.10 Å². The van der Waals surface area contributed by atoms with Crippen LogP contribution in [0.1, 0.15) is 33.6 Å². The average Bonchev–Trinajstić information content (AvgIpc) is 1.97. The summed E-state index contributed by atoms with van der Waals surface area (Å²) in [6, 6.07) is 0. The van der Waals surface area contributed by atoms with E-state index in [9.17, 15) is 4.79 Å². The van der Waals surface area contributed by atoms with Crippen molar-refractivity contribution in [1.82, 2.24) is 5.43 Å². The summed E-state index contributed by atoms with van der Waals surface area (Å²) >= 11 is 0. The third kappa shape index (κ3) is 3.01. The molecule has 0 radical (unpaired) electrons. The van der Waals surface area contributed by atoms with Crippen LogP contribution in [0.4, 0.5) is 0 Å². The lowest BCUT2D eigenvalue weighted by Crippen LogP contribution is -2.22. The van der Waals surface area contributed by atoms with Crippen LogP contribution in [0.2, 0.25) is 0 Å². The maximum atomic E-state index is 10.1. The monoisotopic (exact) mass is 180 g/mol. The lowest BCUT2D eigenvalue weighted by molar-refractivity contribution is -0.109. The van der Waals surface area contributed by atoms with E-state index in [2.05, 4.69) is 31.3 Å². The van der Waals surface area contributed by atoms with Gasteiger partial charge in [-0.1, -0.05) is 19.4 Å². The van der Waals surface area contributed by atoms with E-state index in [1.54, 1.807) is 0 Å². The van der Waals surface area contributed by atoms with Gasteiger partial charge in [0.05, 0.1) is 5.71 Å². The summed E-state index contributed by atoms with van der Waals surface area (Å²) in [7, 11) is 0. The van der Waals surface area contributed by atoms with Gasteiger partial charge in [0.2, 0.25) is 6.41 Å². The first-order valence-electron chi connectivity index (χ1n) is 4.46. The summed E-state index contributed by atoms with van der Waals surface area (Å²) in [4.78, 5) is 10.1. The van der Waals surface area contributed by atoms with E-state index in [4.69, 9.17) is 0 Å². The fourth-order valence-corrected chi connectivity index (χ4v) is 1.88. The molecule has 0 atom stereocenters. The van der Waals surface area contributed by atoms with E-state index in [1.165, 1.54) is 5.57 Å². The van der Waals surface area contributed by atoms with E-state index < -0.39 is 0 Å². The molecule has 0 heterocycles. The molecule has 1 aliphatic carbocycles. The molecule has 0 aliphatic heterocycles. The Morgan fingerprint density at radius 3 is 2.77 bits per heavy atom. The van der Waals surface area contributed by atoms with Gasteiger partial charge < -0.3 is 0 Å². The van der Waals surface area contributed by atoms with E-state index >= 15 is 0 Å². The summed E-state index contributed by atoms with van der Waals surface area (Å²) in [6.45, 7) is 6.51. The Morgan fingerprint density at radius 2 is 2.23 bits per heavy atom. The second-order valence-electron chi connectivity index (χ2n) is 4.36. The van der Waals surface area contributed by atoms with Crippen molar-refractivity contribution in [1.29, 1.82) is 0 Å². The Bertz CT molecular complexity index is 264. The fraction of sp³-hybridized carbons (Fsp3) is 0.600. The standard InChI is InChI=1S/C10H16N2O/c1-8-4-9(12-11-7-13)6-10(2,3)5-8/h4,7H,5-6H2,1-3H3,(H,11,13)/b12-9-. The van der Waals surface area contributed by atoms with Crippen LogP contribution in [0.15, 0.2) is 16.8 Å². The molecule has 0 aromatic rings. The Labute approximate surface area is 78.9 Å². The Hall–Kier alpha value is -1.12. The van der Waals surface area contributed by atoms with Crippen molar-refractivity contribution >= 4 is 12.1 Å². The first kappa shape index (κ1) is 9.96. The normalized spacial score (nSPS) is 23.9. The maximum Gasteiger partial charge on any atom is 0.227 e. The van der Waals surface area contributed by atoms with Gasteiger partial charge >= 0.3 is 0 Å². The number of allylic oxidation sites excluding steroid dienone is 2. The van der Waals surface area contributed by atoms with Crippen molar-refractivity contribution in [2.75, 3.05) is 0 Å². The number of rotatable bonds is 2. The number of hydrogen-bond donors (Lipinski definition) is 1. The van der Waals surface area contributed by atoms with Crippen LogP contribution in [0.3, 0.4) is 0 Å². The van der Waals surface area contributed by atoms with Gasteiger partial charge in [-0.05, 0) is 31.3 Å². The number of nitrogens with one attached hydrogen (secondary N) is 1. The van der Waals surface area contributed by atoms with Crippen molar-refractivity contribution in [3.63, 3.8) is 0 Å². The van der Waals surface area contributed by atoms with Gasteiger partial charge in [0, 0.05) is 0 Å². The zero-order chi connectivity index (χ0) is 9.90. The number of hydrogen-bond acceptors (Lipinski definition) is 2. The van der Waals surface area contributed by atoms with E-state index in [0.717, 1.165) is 18.6 Å². The molecule has 0 spiro atoms. The van der Waals surface area contributed by atoms with E-state index in [1.807, 2.05) is 6.08 Å². The van der Waals surface area contributed by atoms with Crippen molar-refractivity contribution in [2.45, 2.75) is 33.6 Å². The quantitative estimate of drug-likeness (QED) is 0.511. The molecule has 1 aliphatic rings. The first-order chi connectivity index (χ1) is 6.03. The highest BCUT2D eigenvalue weighted by atomic mass is 16.1. The van der Waals surface area contributed by atoms with Gasteiger partial charge in [0.25, 0.3) is 0 Å². The minimum absolute atomic E-state index is 0.266. The minimum atomic E-state index is 0.266. The smallest absolute Gasteiger partial charge is 0.227 e. The van der Waals surface area contributed by atoms with Crippen LogP contribution in [0.25, 0.3) is 0 Å². The summed E-state index contributed by atoms with van der Waals surface area (Å²) in [6.07, 6.45) is 4.66. The largest absolute Gasteiger partial charge is 0.277 e. The lowest BCUT2D eigenvalue weighted by atomic mass is 9.77. The molecule has 1 rings (SSSR count). The maximum absolute atomic E-state index is 10.1. The molecule has 0 aromatic heterocycles. The Balaban J connectivity index is 2.77. The number of carbonyl (C=O) groups is 1. The second kappa shape index (κ2) is 3.73. The predicted octanol–water partition coefficient (Wildman–Crippen LogP) is 1.85. The summed E-state index contributed by atoms with van der Waals surface area (Å²) in [5.41, 5.74) is 4.89. The molecule has 0 saturated heterocycles. The lowest BCUT2D eigenvalue weighted by Gasteiger charge is -2.29. The number of amides is 1. The zero-order valence-corrected chi connectivity index (χ0v) is 8.42. The van der Waals surface area contributed by atoms with Crippen LogP contribution in [-0.2, 0) is 4.79 Å². The number of nitrogens with zero attached hydrogens (tertiary/aromatic N) is 1. The van der Waals surface area contributed by atoms with E-state index in [-0.39, 0.29) is 5.41 Å². The molecule has 0 bridgehead atoms. The van der Waals surface area contributed by atoms with Crippen molar-refractivity contribution in [3.05, 3.63) is 11.6 Å². The van der Waals surface area contributed by atoms with Crippen molar-refractivity contribution in [3.8, 4) is 0 Å². The highest BCUT2D eigenvalue weighted by Crippen LogP contribution is 2.33. The molecule has 1 amide bonds. The van der Waals surface area contributed by atoms with Crippen LogP contribution in [0.5, 0.6) is 0 Å². The molecule has 72 valence electrons. The molecule has 0 saturated carbocycles. The fourth-order valence-electron chi connectivity index (χ4n) is 1.88. The topological polar surface area (TPSA) is 41.5 Å². The molecule has 0 aromatic carbocycles. The van der Waals surface area contributed by atoms with Gasteiger partial charge in [0.15, 0.2) is 0 Å². The van der Waals surface area contributed by atoms with Gasteiger partial charge in [-0.3, -0.25) is 4.79 Å².